The maximum Gasteiger partial charge on any atom is 0.101 e. The third-order valence-corrected chi connectivity index (χ3v) is 2.45. The molecule has 0 amide bonds. The van der Waals surface area contributed by atoms with Crippen molar-refractivity contribution in [3.05, 3.63) is 27.6 Å². The molecule has 0 bridgehead atoms. The molecule has 0 fully saturated rings. The quantitative estimate of drug-likeness (QED) is 0.466. The van der Waals surface area contributed by atoms with Gasteiger partial charge in [-0.3, -0.25) is 4.98 Å². The summed E-state index contributed by atoms with van der Waals surface area (Å²) in [6, 6.07) is 4.27. The average molecular weight is 275 g/mol. The van der Waals surface area contributed by atoms with E-state index in [4.69, 9.17) is 0 Å². The number of rotatable bonds is 4. The van der Waals surface area contributed by atoms with E-state index >= 15 is 0 Å². The minimum absolute atomic E-state index is 1.10. The average Bonchev–Trinajstić information content (AvgIpc) is 2.05. The SMILES string of the molecule is CCCCCc1ccnc(I)c1. The predicted octanol–water partition coefficient (Wildman–Crippen LogP) is 3.42. The van der Waals surface area contributed by atoms with Crippen molar-refractivity contribution in [3.63, 3.8) is 0 Å². The van der Waals surface area contributed by atoms with E-state index in [1.807, 2.05) is 6.20 Å². The normalized spacial score (nSPS) is 10.2. The van der Waals surface area contributed by atoms with Crippen molar-refractivity contribution in [1.29, 1.82) is 0 Å². The van der Waals surface area contributed by atoms with E-state index in [0.29, 0.717) is 0 Å². The minimum atomic E-state index is 1.10. The van der Waals surface area contributed by atoms with Gasteiger partial charge in [0.05, 0.1) is 0 Å². The van der Waals surface area contributed by atoms with Crippen molar-refractivity contribution in [2.75, 3.05) is 0 Å². The molecule has 0 aromatic carbocycles. The molecule has 1 aromatic heterocycles. The third kappa shape index (κ3) is 3.52. The van der Waals surface area contributed by atoms with E-state index in [2.05, 4.69) is 46.6 Å². The Bertz CT molecular complexity index is 235. The van der Waals surface area contributed by atoms with Crippen LogP contribution in [0.25, 0.3) is 0 Å². The molecule has 0 radical (unpaired) electrons. The van der Waals surface area contributed by atoms with Crippen LogP contribution in [0.4, 0.5) is 0 Å². The lowest BCUT2D eigenvalue weighted by molar-refractivity contribution is 0.716. The van der Waals surface area contributed by atoms with Crippen LogP contribution < -0.4 is 0 Å². The van der Waals surface area contributed by atoms with Crippen LogP contribution in [-0.4, -0.2) is 4.98 Å². The highest BCUT2D eigenvalue weighted by Crippen LogP contribution is 2.08. The Balaban J connectivity index is 2.41. The number of hydrogen-bond acceptors (Lipinski definition) is 1. The molecule has 0 saturated heterocycles. The van der Waals surface area contributed by atoms with Crippen molar-refractivity contribution >= 4 is 22.6 Å². The standard InChI is InChI=1S/C10H14IN/c1-2-3-4-5-9-6-7-12-10(11)8-9/h6-8H,2-5H2,1H3. The maximum absolute atomic E-state index is 4.15. The zero-order chi connectivity index (χ0) is 8.81. The van der Waals surface area contributed by atoms with E-state index in [-0.39, 0.29) is 0 Å². The molecule has 66 valence electrons. The lowest BCUT2D eigenvalue weighted by Crippen LogP contribution is -1.87. The number of pyridine rings is 1. The lowest BCUT2D eigenvalue weighted by atomic mass is 10.1. The van der Waals surface area contributed by atoms with Gasteiger partial charge in [-0.1, -0.05) is 19.8 Å². The molecule has 0 N–H and O–H groups in total. The van der Waals surface area contributed by atoms with Crippen LogP contribution in [0, 0.1) is 3.70 Å². The Morgan fingerprint density at radius 1 is 1.42 bits per heavy atom. The van der Waals surface area contributed by atoms with Gasteiger partial charge in [-0.05, 0) is 53.1 Å². The van der Waals surface area contributed by atoms with Crippen molar-refractivity contribution in [1.82, 2.24) is 4.98 Å². The Hall–Kier alpha value is -0.120. The fourth-order valence-corrected chi connectivity index (χ4v) is 1.74. The second kappa shape index (κ2) is 5.51. The lowest BCUT2D eigenvalue weighted by Gasteiger charge is -1.99. The van der Waals surface area contributed by atoms with Crippen LogP contribution in [0.3, 0.4) is 0 Å². The van der Waals surface area contributed by atoms with Crippen molar-refractivity contribution in [2.24, 2.45) is 0 Å². The first kappa shape index (κ1) is 9.96. The minimum Gasteiger partial charge on any atom is -0.250 e. The number of aromatic nitrogens is 1. The molecule has 0 saturated carbocycles. The van der Waals surface area contributed by atoms with Gasteiger partial charge >= 0.3 is 0 Å². The fraction of sp³-hybridized carbons (Fsp3) is 0.500. The third-order valence-electron chi connectivity index (χ3n) is 1.86. The molecule has 1 rings (SSSR count). The topological polar surface area (TPSA) is 12.9 Å². The van der Waals surface area contributed by atoms with Gasteiger partial charge in [0.25, 0.3) is 0 Å². The van der Waals surface area contributed by atoms with Crippen LogP contribution in [0.5, 0.6) is 0 Å². The van der Waals surface area contributed by atoms with Gasteiger partial charge in [0.1, 0.15) is 3.70 Å². The van der Waals surface area contributed by atoms with E-state index in [1.165, 1.54) is 31.2 Å². The summed E-state index contributed by atoms with van der Waals surface area (Å²) in [6.45, 7) is 2.23. The molecule has 1 aromatic rings. The summed E-state index contributed by atoms with van der Waals surface area (Å²) in [5, 5.41) is 0. The van der Waals surface area contributed by atoms with Crippen LogP contribution in [-0.2, 0) is 6.42 Å². The first-order chi connectivity index (χ1) is 5.83. The number of halogens is 1. The Kier molecular flexibility index (Phi) is 4.58. The number of unbranched alkanes of at least 4 members (excludes halogenated alkanes) is 2. The van der Waals surface area contributed by atoms with Gasteiger partial charge in [0.2, 0.25) is 0 Å². The molecule has 1 nitrogen and oxygen atoms in total. The van der Waals surface area contributed by atoms with Gasteiger partial charge in [0.15, 0.2) is 0 Å². The summed E-state index contributed by atoms with van der Waals surface area (Å²) < 4.78 is 1.10. The summed E-state index contributed by atoms with van der Waals surface area (Å²) in [6.07, 6.45) is 7.02. The highest BCUT2D eigenvalue weighted by Gasteiger charge is 1.93. The molecular weight excluding hydrogens is 261 g/mol. The molecule has 12 heavy (non-hydrogen) atoms. The number of hydrogen-bond donors (Lipinski definition) is 0. The fourth-order valence-electron chi connectivity index (χ4n) is 1.18. The summed E-state index contributed by atoms with van der Waals surface area (Å²) in [5.41, 5.74) is 1.42. The highest BCUT2D eigenvalue weighted by molar-refractivity contribution is 14.1. The molecule has 0 spiro atoms. The van der Waals surface area contributed by atoms with Crippen LogP contribution in [0.2, 0.25) is 0 Å². The van der Waals surface area contributed by atoms with Crippen molar-refractivity contribution < 1.29 is 0 Å². The van der Waals surface area contributed by atoms with E-state index in [1.54, 1.807) is 0 Å². The first-order valence-electron chi connectivity index (χ1n) is 4.43. The van der Waals surface area contributed by atoms with E-state index < -0.39 is 0 Å². The largest absolute Gasteiger partial charge is 0.250 e. The first-order valence-corrected chi connectivity index (χ1v) is 5.51. The molecule has 0 unspecified atom stereocenters. The van der Waals surface area contributed by atoms with Gasteiger partial charge in [0, 0.05) is 6.20 Å². The number of nitrogens with zero attached hydrogens (tertiary/aromatic N) is 1. The molecule has 0 aliphatic carbocycles. The second-order valence-electron chi connectivity index (χ2n) is 2.94. The van der Waals surface area contributed by atoms with Crippen LogP contribution >= 0.6 is 22.6 Å². The van der Waals surface area contributed by atoms with Gasteiger partial charge in [-0.15, -0.1) is 0 Å². The van der Waals surface area contributed by atoms with Gasteiger partial charge < -0.3 is 0 Å². The summed E-state index contributed by atoms with van der Waals surface area (Å²) in [7, 11) is 0. The molecule has 2 heteroatoms. The Labute approximate surface area is 87.7 Å². The van der Waals surface area contributed by atoms with Gasteiger partial charge in [-0.2, -0.15) is 0 Å². The summed E-state index contributed by atoms with van der Waals surface area (Å²) in [4.78, 5) is 4.15. The summed E-state index contributed by atoms with van der Waals surface area (Å²) >= 11 is 2.26. The van der Waals surface area contributed by atoms with Crippen LogP contribution in [0.1, 0.15) is 31.7 Å². The molecule has 0 aliphatic rings. The zero-order valence-electron chi connectivity index (χ0n) is 7.39. The smallest absolute Gasteiger partial charge is 0.101 e. The molecule has 0 atom stereocenters. The Morgan fingerprint density at radius 2 is 2.25 bits per heavy atom. The monoisotopic (exact) mass is 275 g/mol. The molecular formula is C10H14IN. The second-order valence-corrected chi connectivity index (χ2v) is 4.05. The number of aryl methyl sites for hydroxylation is 1. The maximum atomic E-state index is 4.15. The molecule has 0 aliphatic heterocycles. The van der Waals surface area contributed by atoms with Crippen molar-refractivity contribution in [3.8, 4) is 0 Å². The highest BCUT2D eigenvalue weighted by atomic mass is 127. The van der Waals surface area contributed by atoms with E-state index in [9.17, 15) is 0 Å². The van der Waals surface area contributed by atoms with Gasteiger partial charge in [-0.25, -0.2) is 0 Å². The molecule has 1 heterocycles. The predicted molar refractivity (Wildman–Crippen MR) is 60.2 cm³/mol. The summed E-state index contributed by atoms with van der Waals surface area (Å²) in [5.74, 6) is 0. The zero-order valence-corrected chi connectivity index (χ0v) is 9.54. The van der Waals surface area contributed by atoms with E-state index in [0.717, 1.165) is 3.70 Å². The Morgan fingerprint density at radius 3 is 2.92 bits per heavy atom. The van der Waals surface area contributed by atoms with Crippen molar-refractivity contribution in [2.45, 2.75) is 32.6 Å². The van der Waals surface area contributed by atoms with Crippen LogP contribution in [0.15, 0.2) is 18.3 Å².